The van der Waals surface area contributed by atoms with E-state index in [4.69, 9.17) is 11.6 Å². The molecule has 0 aromatic carbocycles. The van der Waals surface area contributed by atoms with Crippen LogP contribution in [-0.4, -0.2) is 17.4 Å². The summed E-state index contributed by atoms with van der Waals surface area (Å²) >= 11 is 8.43. The largest absolute Gasteiger partial charge is 0.321 e. The Labute approximate surface area is 83.5 Å². The van der Waals surface area contributed by atoms with Crippen LogP contribution in [0.15, 0.2) is 22.8 Å². The molecule has 64 valence electrons. The Kier molecular flexibility index (Phi) is 3.05. The molecule has 0 unspecified atom stereocenters. The molecule has 1 aromatic rings. The average molecular weight is 249 g/mol. The van der Waals surface area contributed by atoms with Gasteiger partial charge in [0.1, 0.15) is 10.4 Å². The van der Waals surface area contributed by atoms with Crippen LogP contribution in [0.1, 0.15) is 0 Å². The number of pyridine rings is 1. The Morgan fingerprint density at radius 3 is 2.83 bits per heavy atom. The highest BCUT2D eigenvalue weighted by atomic mass is 79.9. The second kappa shape index (κ2) is 3.87. The van der Waals surface area contributed by atoms with Crippen molar-refractivity contribution in [2.75, 3.05) is 11.9 Å². The summed E-state index contributed by atoms with van der Waals surface area (Å²) < 4.78 is 0.671. The minimum atomic E-state index is -0.555. The van der Waals surface area contributed by atoms with Gasteiger partial charge in [-0.2, -0.15) is 0 Å². The monoisotopic (exact) mass is 248 g/mol. The van der Waals surface area contributed by atoms with E-state index in [-0.39, 0.29) is 0 Å². The second-order valence-corrected chi connectivity index (χ2v) is 3.27. The topological polar surface area (TPSA) is 33.2 Å². The summed E-state index contributed by atoms with van der Waals surface area (Å²) in [6.45, 7) is 0. The Bertz CT molecular complexity index is 305. The number of aromatic nitrogens is 1. The first-order valence-electron chi connectivity index (χ1n) is 3.17. The van der Waals surface area contributed by atoms with Crippen LogP contribution in [0.25, 0.3) is 0 Å². The first-order valence-corrected chi connectivity index (χ1v) is 4.34. The highest BCUT2D eigenvalue weighted by Crippen LogP contribution is 2.14. The number of hydrogen-bond acceptors (Lipinski definition) is 2. The first kappa shape index (κ1) is 9.48. The van der Waals surface area contributed by atoms with Crippen molar-refractivity contribution in [3.05, 3.63) is 22.8 Å². The highest BCUT2D eigenvalue weighted by Gasteiger charge is 2.07. The standard InChI is InChI=1S/C7H6BrClN2O/c1-11(7(9)12)6-4-2-3-5(8)10-6/h2-4H,1H3. The van der Waals surface area contributed by atoms with Gasteiger partial charge in [-0.15, -0.1) is 0 Å². The normalized spacial score (nSPS) is 9.58. The van der Waals surface area contributed by atoms with Crippen molar-refractivity contribution in [1.29, 1.82) is 0 Å². The van der Waals surface area contributed by atoms with Gasteiger partial charge in [0.15, 0.2) is 0 Å². The van der Waals surface area contributed by atoms with Gasteiger partial charge in [0.2, 0.25) is 0 Å². The van der Waals surface area contributed by atoms with E-state index in [9.17, 15) is 4.79 Å². The van der Waals surface area contributed by atoms with Crippen molar-refractivity contribution in [2.45, 2.75) is 0 Å². The molecule has 0 atom stereocenters. The maximum atomic E-state index is 10.7. The molecular weight excluding hydrogens is 243 g/mol. The van der Waals surface area contributed by atoms with Crippen LogP contribution in [0.4, 0.5) is 10.6 Å². The number of hydrogen-bond donors (Lipinski definition) is 0. The number of amides is 1. The van der Waals surface area contributed by atoms with Crippen molar-refractivity contribution in [2.24, 2.45) is 0 Å². The van der Waals surface area contributed by atoms with Crippen LogP contribution >= 0.6 is 27.5 Å². The van der Waals surface area contributed by atoms with Crippen LogP contribution in [-0.2, 0) is 0 Å². The molecule has 0 bridgehead atoms. The van der Waals surface area contributed by atoms with Gasteiger partial charge in [0.25, 0.3) is 0 Å². The number of nitrogens with zero attached hydrogens (tertiary/aromatic N) is 2. The van der Waals surface area contributed by atoms with Crippen molar-refractivity contribution < 1.29 is 4.79 Å². The maximum Gasteiger partial charge on any atom is 0.321 e. The fourth-order valence-corrected chi connectivity index (χ4v) is 1.10. The van der Waals surface area contributed by atoms with Crippen LogP contribution < -0.4 is 4.90 Å². The lowest BCUT2D eigenvalue weighted by molar-refractivity contribution is 0.265. The van der Waals surface area contributed by atoms with Gasteiger partial charge >= 0.3 is 5.37 Å². The summed E-state index contributed by atoms with van der Waals surface area (Å²) in [4.78, 5) is 16.0. The molecule has 0 aliphatic carbocycles. The predicted molar refractivity (Wildman–Crippen MR) is 51.6 cm³/mol. The van der Waals surface area contributed by atoms with Gasteiger partial charge in [-0.3, -0.25) is 9.69 Å². The Balaban J connectivity index is 2.95. The molecule has 1 amide bonds. The van der Waals surface area contributed by atoms with Crippen LogP contribution in [0.2, 0.25) is 0 Å². The number of carbonyl (C=O) groups excluding carboxylic acids is 1. The third-order valence-electron chi connectivity index (χ3n) is 1.31. The molecule has 1 heterocycles. The molecule has 5 heteroatoms. The fraction of sp³-hybridized carbons (Fsp3) is 0.143. The van der Waals surface area contributed by atoms with Crippen LogP contribution in [0.3, 0.4) is 0 Å². The SMILES string of the molecule is CN(C(=O)Cl)c1cccc(Br)n1. The molecule has 0 aliphatic rings. The van der Waals surface area contributed by atoms with Crippen LogP contribution in [0, 0.1) is 0 Å². The Hall–Kier alpha value is -0.610. The summed E-state index contributed by atoms with van der Waals surface area (Å²) in [5.41, 5.74) is 0. The maximum absolute atomic E-state index is 10.7. The third kappa shape index (κ3) is 2.19. The Morgan fingerprint density at radius 2 is 2.33 bits per heavy atom. The molecule has 0 saturated heterocycles. The Morgan fingerprint density at radius 1 is 1.67 bits per heavy atom. The van der Waals surface area contributed by atoms with E-state index in [0.717, 1.165) is 0 Å². The van der Waals surface area contributed by atoms with Crippen LogP contribution in [0.5, 0.6) is 0 Å². The van der Waals surface area contributed by atoms with Gasteiger partial charge < -0.3 is 0 Å². The van der Waals surface area contributed by atoms with E-state index in [1.165, 1.54) is 4.90 Å². The summed E-state index contributed by atoms with van der Waals surface area (Å²) in [6, 6.07) is 5.25. The zero-order chi connectivity index (χ0) is 9.14. The zero-order valence-electron chi connectivity index (χ0n) is 6.29. The lowest BCUT2D eigenvalue weighted by Crippen LogP contribution is -2.20. The van der Waals surface area contributed by atoms with E-state index in [0.29, 0.717) is 10.4 Å². The van der Waals surface area contributed by atoms with Crippen molar-refractivity contribution in [1.82, 2.24) is 4.98 Å². The molecule has 1 rings (SSSR count). The van der Waals surface area contributed by atoms with Crippen molar-refractivity contribution >= 4 is 38.7 Å². The number of halogens is 2. The van der Waals surface area contributed by atoms with Gasteiger partial charge in [-0.1, -0.05) is 6.07 Å². The van der Waals surface area contributed by atoms with E-state index in [2.05, 4.69) is 20.9 Å². The first-order chi connectivity index (χ1) is 5.61. The van der Waals surface area contributed by atoms with E-state index in [1.807, 2.05) is 0 Å². The highest BCUT2D eigenvalue weighted by molar-refractivity contribution is 9.10. The minimum Gasteiger partial charge on any atom is -0.286 e. The summed E-state index contributed by atoms with van der Waals surface area (Å²) in [5, 5.41) is -0.555. The molecule has 0 fully saturated rings. The molecular formula is C7H6BrClN2O. The predicted octanol–water partition coefficient (Wildman–Crippen LogP) is 2.64. The van der Waals surface area contributed by atoms with Gasteiger partial charge in [0.05, 0.1) is 0 Å². The van der Waals surface area contributed by atoms with Crippen molar-refractivity contribution in [3.8, 4) is 0 Å². The lowest BCUT2D eigenvalue weighted by Gasteiger charge is -2.11. The molecule has 0 saturated carbocycles. The van der Waals surface area contributed by atoms with E-state index < -0.39 is 5.37 Å². The third-order valence-corrected chi connectivity index (χ3v) is 2.00. The zero-order valence-corrected chi connectivity index (χ0v) is 8.63. The summed E-state index contributed by atoms with van der Waals surface area (Å²) in [6.07, 6.45) is 0. The summed E-state index contributed by atoms with van der Waals surface area (Å²) in [5.74, 6) is 0.518. The molecule has 1 aromatic heterocycles. The fourth-order valence-electron chi connectivity index (χ4n) is 0.674. The van der Waals surface area contributed by atoms with Gasteiger partial charge in [0, 0.05) is 7.05 Å². The quantitative estimate of drug-likeness (QED) is 0.435. The number of carbonyl (C=O) groups is 1. The van der Waals surface area contributed by atoms with Crippen molar-refractivity contribution in [3.63, 3.8) is 0 Å². The second-order valence-electron chi connectivity index (χ2n) is 2.13. The smallest absolute Gasteiger partial charge is 0.286 e. The molecule has 0 aliphatic heterocycles. The van der Waals surface area contributed by atoms with E-state index in [1.54, 1.807) is 25.2 Å². The molecule has 3 nitrogen and oxygen atoms in total. The average Bonchev–Trinajstić information content (AvgIpc) is 2.03. The molecule has 12 heavy (non-hydrogen) atoms. The number of rotatable bonds is 1. The van der Waals surface area contributed by atoms with Gasteiger partial charge in [-0.05, 0) is 39.7 Å². The van der Waals surface area contributed by atoms with Gasteiger partial charge in [-0.25, -0.2) is 4.98 Å². The minimum absolute atomic E-state index is 0.518. The number of anilines is 1. The molecule has 0 spiro atoms. The lowest BCUT2D eigenvalue weighted by atomic mass is 10.4. The summed E-state index contributed by atoms with van der Waals surface area (Å²) in [7, 11) is 1.56. The van der Waals surface area contributed by atoms with E-state index >= 15 is 0 Å². The molecule has 0 N–H and O–H groups in total. The molecule has 0 radical (unpaired) electrons.